The number of likely N-dealkylation sites (tertiary alicyclic amines) is 1. The van der Waals surface area contributed by atoms with Gasteiger partial charge >= 0.3 is 5.97 Å². The quantitative estimate of drug-likeness (QED) is 0.766. The van der Waals surface area contributed by atoms with Crippen molar-refractivity contribution in [3.8, 4) is 16.9 Å². The molecule has 0 saturated carbocycles. The maximum absolute atomic E-state index is 12.6. The largest absolute Gasteiger partial charge is 0.497 e. The van der Waals surface area contributed by atoms with E-state index >= 15 is 0 Å². The smallest absolute Gasteiger partial charge is 0.304 e. The van der Waals surface area contributed by atoms with Gasteiger partial charge in [-0.05, 0) is 54.8 Å². The Hall–Kier alpha value is -2.86. The van der Waals surface area contributed by atoms with Gasteiger partial charge in [0.25, 0.3) is 0 Å². The third-order valence-electron chi connectivity index (χ3n) is 5.07. The predicted molar refractivity (Wildman–Crippen MR) is 108 cm³/mol. The molecule has 2 N–H and O–H groups in total. The zero-order valence-electron chi connectivity index (χ0n) is 16.1. The molecule has 1 unspecified atom stereocenters. The molecular weight excluding hydrogens is 356 g/mol. The molecule has 1 aliphatic rings. The Balaban J connectivity index is 1.58. The van der Waals surface area contributed by atoms with Crippen LogP contribution < -0.4 is 10.1 Å². The molecule has 2 aromatic rings. The minimum Gasteiger partial charge on any atom is -0.497 e. The van der Waals surface area contributed by atoms with Crippen molar-refractivity contribution in [1.82, 2.24) is 4.90 Å². The lowest BCUT2D eigenvalue weighted by atomic mass is 9.96. The van der Waals surface area contributed by atoms with Crippen molar-refractivity contribution in [3.05, 3.63) is 48.5 Å². The lowest BCUT2D eigenvalue weighted by Gasteiger charge is -2.31. The summed E-state index contributed by atoms with van der Waals surface area (Å²) in [6.07, 6.45) is 1.85. The second kappa shape index (κ2) is 9.37. The van der Waals surface area contributed by atoms with Crippen LogP contribution in [0.15, 0.2) is 48.5 Å². The van der Waals surface area contributed by atoms with E-state index in [-0.39, 0.29) is 18.2 Å². The van der Waals surface area contributed by atoms with Gasteiger partial charge in [-0.2, -0.15) is 0 Å². The summed E-state index contributed by atoms with van der Waals surface area (Å²) in [6, 6.07) is 15.6. The fourth-order valence-electron chi connectivity index (χ4n) is 3.52. The number of anilines is 1. The fraction of sp³-hybridized carbons (Fsp3) is 0.364. The van der Waals surface area contributed by atoms with Gasteiger partial charge in [-0.15, -0.1) is 0 Å². The average Bonchev–Trinajstić information content (AvgIpc) is 2.73. The Labute approximate surface area is 165 Å². The standard InChI is InChI=1S/C22H26N2O4/c1-28-20-6-2-4-17(14-20)16-7-9-19(10-8-16)23-22(27)18-5-3-12-24(15-18)13-11-21(25)26/h2,4,6-10,14,18H,3,5,11-13,15H2,1H3,(H,23,27)(H,25,26). The number of rotatable bonds is 7. The molecule has 0 radical (unpaired) electrons. The van der Waals surface area contributed by atoms with E-state index in [4.69, 9.17) is 9.84 Å². The van der Waals surface area contributed by atoms with Gasteiger partial charge in [0.15, 0.2) is 0 Å². The number of carbonyl (C=O) groups excluding carboxylic acids is 1. The van der Waals surface area contributed by atoms with Crippen LogP contribution in [-0.2, 0) is 9.59 Å². The number of benzene rings is 2. The number of aliphatic carboxylic acids is 1. The second-order valence-corrected chi connectivity index (χ2v) is 7.08. The number of methoxy groups -OCH3 is 1. The number of amides is 1. The molecule has 6 nitrogen and oxygen atoms in total. The summed E-state index contributed by atoms with van der Waals surface area (Å²) in [5.41, 5.74) is 2.87. The van der Waals surface area contributed by atoms with Gasteiger partial charge in [0.1, 0.15) is 5.75 Å². The lowest BCUT2D eigenvalue weighted by Crippen LogP contribution is -2.41. The van der Waals surface area contributed by atoms with Crippen LogP contribution in [0.5, 0.6) is 5.75 Å². The predicted octanol–water partition coefficient (Wildman–Crippen LogP) is 3.49. The van der Waals surface area contributed by atoms with E-state index in [1.165, 1.54) is 0 Å². The first kappa shape index (κ1) is 19.9. The Morgan fingerprint density at radius 2 is 1.96 bits per heavy atom. The number of piperidine rings is 1. The monoisotopic (exact) mass is 382 g/mol. The van der Waals surface area contributed by atoms with Crippen molar-refractivity contribution in [2.24, 2.45) is 5.92 Å². The molecule has 0 aliphatic carbocycles. The molecule has 3 rings (SSSR count). The number of carboxylic acids is 1. The second-order valence-electron chi connectivity index (χ2n) is 7.08. The molecule has 6 heteroatoms. The highest BCUT2D eigenvalue weighted by molar-refractivity contribution is 5.93. The molecule has 28 heavy (non-hydrogen) atoms. The van der Waals surface area contributed by atoms with Gasteiger partial charge in [-0.1, -0.05) is 24.3 Å². The number of nitrogens with one attached hydrogen (secondary N) is 1. The molecule has 1 aliphatic heterocycles. The number of nitrogens with zero attached hydrogens (tertiary/aromatic N) is 1. The number of carboxylic acid groups (broad SMARTS) is 1. The highest BCUT2D eigenvalue weighted by Gasteiger charge is 2.26. The highest BCUT2D eigenvalue weighted by Crippen LogP contribution is 2.25. The van der Waals surface area contributed by atoms with E-state index in [1.807, 2.05) is 48.5 Å². The van der Waals surface area contributed by atoms with Crippen molar-refractivity contribution in [2.45, 2.75) is 19.3 Å². The number of hydrogen-bond acceptors (Lipinski definition) is 4. The van der Waals surface area contributed by atoms with Gasteiger partial charge in [-0.25, -0.2) is 0 Å². The van der Waals surface area contributed by atoms with Gasteiger partial charge in [0, 0.05) is 18.8 Å². The highest BCUT2D eigenvalue weighted by atomic mass is 16.5. The van der Waals surface area contributed by atoms with Crippen molar-refractivity contribution in [1.29, 1.82) is 0 Å². The molecule has 0 spiro atoms. The van der Waals surface area contributed by atoms with Gasteiger partial charge in [0.2, 0.25) is 5.91 Å². The van der Waals surface area contributed by atoms with Crippen molar-refractivity contribution in [3.63, 3.8) is 0 Å². The minimum absolute atomic E-state index is 0.00541. The normalized spacial score (nSPS) is 17.1. The van der Waals surface area contributed by atoms with Crippen LogP contribution >= 0.6 is 0 Å². The van der Waals surface area contributed by atoms with E-state index < -0.39 is 5.97 Å². The summed E-state index contributed by atoms with van der Waals surface area (Å²) in [6.45, 7) is 1.96. The van der Waals surface area contributed by atoms with Crippen LogP contribution in [0, 0.1) is 5.92 Å². The average molecular weight is 382 g/mol. The van der Waals surface area contributed by atoms with E-state index in [2.05, 4.69) is 10.2 Å². The number of hydrogen-bond donors (Lipinski definition) is 2. The Morgan fingerprint density at radius 1 is 1.18 bits per heavy atom. The summed E-state index contributed by atoms with van der Waals surface area (Å²) in [7, 11) is 1.64. The molecule has 1 amide bonds. The third-order valence-corrected chi connectivity index (χ3v) is 5.07. The van der Waals surface area contributed by atoms with Gasteiger partial charge in [-0.3, -0.25) is 9.59 Å². The Morgan fingerprint density at radius 3 is 2.68 bits per heavy atom. The Kier molecular flexibility index (Phi) is 6.66. The van der Waals surface area contributed by atoms with E-state index in [0.717, 1.165) is 42.0 Å². The molecule has 1 atom stereocenters. The van der Waals surface area contributed by atoms with Crippen molar-refractivity contribution >= 4 is 17.6 Å². The topological polar surface area (TPSA) is 78.9 Å². The fourth-order valence-corrected chi connectivity index (χ4v) is 3.52. The van der Waals surface area contributed by atoms with Crippen LogP contribution in [0.3, 0.4) is 0 Å². The van der Waals surface area contributed by atoms with Crippen LogP contribution in [0.4, 0.5) is 5.69 Å². The van der Waals surface area contributed by atoms with E-state index in [9.17, 15) is 9.59 Å². The van der Waals surface area contributed by atoms with Crippen LogP contribution in [0.2, 0.25) is 0 Å². The van der Waals surface area contributed by atoms with Crippen molar-refractivity contribution in [2.75, 3.05) is 32.1 Å². The molecule has 0 aromatic heterocycles. The summed E-state index contributed by atoms with van der Waals surface area (Å²) >= 11 is 0. The minimum atomic E-state index is -0.803. The molecule has 148 valence electrons. The Bertz CT molecular complexity index is 820. The molecular formula is C22H26N2O4. The first-order chi connectivity index (χ1) is 13.5. The van der Waals surface area contributed by atoms with Gasteiger partial charge < -0.3 is 20.1 Å². The molecule has 1 heterocycles. The molecule has 0 bridgehead atoms. The summed E-state index contributed by atoms with van der Waals surface area (Å²) < 4.78 is 5.27. The van der Waals surface area contributed by atoms with E-state index in [1.54, 1.807) is 7.11 Å². The van der Waals surface area contributed by atoms with E-state index in [0.29, 0.717) is 13.1 Å². The number of carbonyl (C=O) groups is 2. The maximum Gasteiger partial charge on any atom is 0.304 e. The van der Waals surface area contributed by atoms with Crippen LogP contribution in [-0.4, -0.2) is 48.6 Å². The first-order valence-electron chi connectivity index (χ1n) is 9.54. The summed E-state index contributed by atoms with van der Waals surface area (Å²) in [5, 5.41) is 11.8. The molecule has 2 aromatic carbocycles. The maximum atomic E-state index is 12.6. The lowest BCUT2D eigenvalue weighted by molar-refractivity contribution is -0.137. The zero-order chi connectivity index (χ0) is 19.9. The summed E-state index contributed by atoms with van der Waals surface area (Å²) in [5.74, 6) is -0.114. The molecule has 1 fully saturated rings. The van der Waals surface area contributed by atoms with Crippen LogP contribution in [0.25, 0.3) is 11.1 Å². The van der Waals surface area contributed by atoms with Crippen molar-refractivity contribution < 1.29 is 19.4 Å². The van der Waals surface area contributed by atoms with Gasteiger partial charge in [0.05, 0.1) is 19.4 Å². The third kappa shape index (κ3) is 5.33. The summed E-state index contributed by atoms with van der Waals surface area (Å²) in [4.78, 5) is 25.4. The first-order valence-corrected chi connectivity index (χ1v) is 9.54. The molecule has 1 saturated heterocycles. The zero-order valence-corrected chi connectivity index (χ0v) is 16.1. The number of ether oxygens (including phenoxy) is 1. The SMILES string of the molecule is COc1cccc(-c2ccc(NC(=O)C3CCCN(CCC(=O)O)C3)cc2)c1. The van der Waals surface area contributed by atoms with Crippen LogP contribution in [0.1, 0.15) is 19.3 Å².